The number of hydrogen-bond donors (Lipinski definition) is 2. The molecular weight excluding hydrogens is 431 g/mol. The van der Waals surface area contributed by atoms with Crippen LogP contribution in [0.5, 0.6) is 0 Å². The lowest BCUT2D eigenvalue weighted by Crippen LogP contribution is -1.92. The highest BCUT2D eigenvalue weighted by atomic mass is 32.1. The minimum Gasteiger partial charge on any atom is -0.311 e. The van der Waals surface area contributed by atoms with E-state index >= 15 is 0 Å². The molecule has 30 heavy (non-hydrogen) atoms. The zero-order valence-corrected chi connectivity index (χ0v) is 22.4. The van der Waals surface area contributed by atoms with Gasteiger partial charge in [0, 0.05) is 0 Å². The van der Waals surface area contributed by atoms with Crippen LogP contribution < -0.4 is 0 Å². The van der Waals surface area contributed by atoms with Crippen molar-refractivity contribution >= 4 is 33.5 Å². The molecule has 6 heteroatoms. The van der Waals surface area contributed by atoms with Crippen LogP contribution in [0.25, 0.3) is 0 Å². The topological polar surface area (TPSA) is 35.5 Å². The minimum absolute atomic E-state index is 0.579. The van der Waals surface area contributed by atoms with Gasteiger partial charge in [0.2, 0.25) is 0 Å². The standard InChI is InChI=1S/C24H51O3PS2/c25-28(26-21-17-13-9-5-1-3-7-11-15-19-23-29)27-22-18-14-10-6-2-4-8-12-16-20-24-30/h28-30H,1-24H2. The SMILES string of the molecule is O=[PH](OCCCCCCCCCCCCS)OCCCCCCCCCCCCS. The molecule has 0 aromatic carbocycles. The molecule has 0 saturated heterocycles. The maximum atomic E-state index is 11.7. The van der Waals surface area contributed by atoms with Gasteiger partial charge >= 0.3 is 8.25 Å². The van der Waals surface area contributed by atoms with Crippen LogP contribution in [-0.4, -0.2) is 24.7 Å². The Bertz CT molecular complexity index is 316. The molecule has 182 valence electrons. The van der Waals surface area contributed by atoms with Crippen molar-refractivity contribution in [2.45, 2.75) is 128 Å². The molecule has 0 bridgehead atoms. The third-order valence-corrected chi connectivity index (χ3v) is 7.06. The van der Waals surface area contributed by atoms with Crippen LogP contribution >= 0.6 is 33.5 Å². The zero-order chi connectivity index (χ0) is 22.0. The zero-order valence-electron chi connectivity index (χ0n) is 19.6. The third kappa shape index (κ3) is 26.9. The first-order chi connectivity index (χ1) is 14.8. The highest BCUT2D eigenvalue weighted by Crippen LogP contribution is 2.25. The van der Waals surface area contributed by atoms with Crippen molar-refractivity contribution in [3.63, 3.8) is 0 Å². The molecule has 0 rings (SSSR count). The Morgan fingerprint density at radius 2 is 0.633 bits per heavy atom. The van der Waals surface area contributed by atoms with Crippen LogP contribution in [0.3, 0.4) is 0 Å². The van der Waals surface area contributed by atoms with E-state index in [1.165, 1.54) is 116 Å². The van der Waals surface area contributed by atoms with E-state index in [2.05, 4.69) is 25.3 Å². The van der Waals surface area contributed by atoms with Gasteiger partial charge in [0.1, 0.15) is 0 Å². The second-order valence-corrected chi connectivity index (χ2v) is 10.4. The summed E-state index contributed by atoms with van der Waals surface area (Å²) in [5.74, 6) is 2.05. The predicted molar refractivity (Wildman–Crippen MR) is 141 cm³/mol. The molecule has 0 heterocycles. The smallest absolute Gasteiger partial charge is 0.311 e. The number of unbranched alkanes of at least 4 members (excludes halogenated alkanes) is 18. The van der Waals surface area contributed by atoms with E-state index in [0.29, 0.717) is 13.2 Å². The number of hydrogen-bond acceptors (Lipinski definition) is 5. The molecule has 0 aliphatic carbocycles. The van der Waals surface area contributed by atoms with Crippen molar-refractivity contribution in [1.29, 1.82) is 0 Å². The van der Waals surface area contributed by atoms with E-state index in [9.17, 15) is 4.57 Å². The summed E-state index contributed by atoms with van der Waals surface area (Å²) in [6, 6.07) is 0. The number of rotatable bonds is 26. The molecular formula is C24H51O3PS2. The molecule has 0 saturated carbocycles. The third-order valence-electron chi connectivity index (χ3n) is 5.54. The second kappa shape index (κ2) is 27.9. The minimum atomic E-state index is -2.27. The van der Waals surface area contributed by atoms with E-state index in [0.717, 1.165) is 24.3 Å². The lowest BCUT2D eigenvalue weighted by atomic mass is 10.1. The molecule has 0 aromatic heterocycles. The first-order valence-corrected chi connectivity index (χ1v) is 15.3. The van der Waals surface area contributed by atoms with Crippen LogP contribution in [-0.2, 0) is 13.6 Å². The molecule has 0 atom stereocenters. The highest BCUT2D eigenvalue weighted by Gasteiger charge is 2.00. The summed E-state index contributed by atoms with van der Waals surface area (Å²) in [4.78, 5) is 0. The van der Waals surface area contributed by atoms with E-state index in [1.807, 2.05) is 0 Å². The predicted octanol–water partition coefficient (Wildman–Crippen LogP) is 9.07. The Hall–Kier alpha value is 0.850. The fraction of sp³-hybridized carbons (Fsp3) is 1.00. The Kier molecular flexibility index (Phi) is 28.7. The summed E-state index contributed by atoms with van der Waals surface area (Å²) in [5, 5.41) is 0. The van der Waals surface area contributed by atoms with Crippen LogP contribution in [0.15, 0.2) is 0 Å². The molecule has 0 fully saturated rings. The van der Waals surface area contributed by atoms with Crippen molar-refractivity contribution in [3.05, 3.63) is 0 Å². The fourth-order valence-corrected chi connectivity index (χ4v) is 4.76. The number of thiol groups is 2. The van der Waals surface area contributed by atoms with Gasteiger partial charge in [-0.2, -0.15) is 25.3 Å². The van der Waals surface area contributed by atoms with E-state index < -0.39 is 8.25 Å². The normalized spacial score (nSPS) is 11.6. The summed E-state index contributed by atoms with van der Waals surface area (Å²) in [6.45, 7) is 1.16. The summed E-state index contributed by atoms with van der Waals surface area (Å²) in [7, 11) is -2.27. The van der Waals surface area contributed by atoms with E-state index in [1.54, 1.807) is 0 Å². The monoisotopic (exact) mass is 482 g/mol. The summed E-state index contributed by atoms with van der Waals surface area (Å²) < 4.78 is 22.4. The summed E-state index contributed by atoms with van der Waals surface area (Å²) >= 11 is 8.48. The van der Waals surface area contributed by atoms with Crippen molar-refractivity contribution in [2.24, 2.45) is 0 Å². The van der Waals surface area contributed by atoms with Crippen molar-refractivity contribution < 1.29 is 13.6 Å². The van der Waals surface area contributed by atoms with Gasteiger partial charge in [0.15, 0.2) is 0 Å². The fourth-order valence-electron chi connectivity index (χ4n) is 3.61. The van der Waals surface area contributed by atoms with Gasteiger partial charge in [0.05, 0.1) is 13.2 Å². The van der Waals surface area contributed by atoms with Gasteiger partial charge < -0.3 is 9.05 Å². The van der Waals surface area contributed by atoms with Gasteiger partial charge in [-0.1, -0.05) is 103 Å². The molecule has 0 amide bonds. The van der Waals surface area contributed by atoms with Crippen molar-refractivity contribution in [2.75, 3.05) is 24.7 Å². The van der Waals surface area contributed by atoms with Gasteiger partial charge in [-0.05, 0) is 37.2 Å². The molecule has 0 aliphatic heterocycles. The maximum Gasteiger partial charge on any atom is 0.319 e. The van der Waals surface area contributed by atoms with Crippen LogP contribution in [0.4, 0.5) is 0 Å². The average molecular weight is 483 g/mol. The molecule has 0 aromatic rings. The highest BCUT2D eigenvalue weighted by molar-refractivity contribution is 7.80. The first-order valence-electron chi connectivity index (χ1n) is 12.8. The summed E-state index contributed by atoms with van der Waals surface area (Å²) in [5.41, 5.74) is 0. The van der Waals surface area contributed by atoms with Crippen LogP contribution in [0, 0.1) is 0 Å². The van der Waals surface area contributed by atoms with E-state index in [4.69, 9.17) is 9.05 Å². The van der Waals surface area contributed by atoms with Crippen molar-refractivity contribution in [1.82, 2.24) is 0 Å². The molecule has 0 radical (unpaired) electrons. The Labute approximate surface area is 200 Å². The quantitative estimate of drug-likeness (QED) is 0.0733. The van der Waals surface area contributed by atoms with Crippen LogP contribution in [0.1, 0.15) is 128 Å². The molecule has 0 N–H and O–H groups in total. The molecule has 0 aliphatic rings. The largest absolute Gasteiger partial charge is 0.319 e. The molecule has 0 unspecified atom stereocenters. The molecule has 3 nitrogen and oxygen atoms in total. The lowest BCUT2D eigenvalue weighted by molar-refractivity contribution is 0.218. The van der Waals surface area contributed by atoms with Crippen molar-refractivity contribution in [3.8, 4) is 0 Å². The Morgan fingerprint density at radius 3 is 0.900 bits per heavy atom. The Morgan fingerprint density at radius 1 is 0.400 bits per heavy atom. The van der Waals surface area contributed by atoms with E-state index in [-0.39, 0.29) is 0 Å². The van der Waals surface area contributed by atoms with Gasteiger partial charge in [-0.15, -0.1) is 0 Å². The average Bonchev–Trinajstić information content (AvgIpc) is 2.75. The molecule has 0 spiro atoms. The lowest BCUT2D eigenvalue weighted by Gasteiger charge is -2.06. The first kappa shape index (κ1) is 30.9. The summed E-state index contributed by atoms with van der Waals surface area (Å²) in [6.07, 6.45) is 25.5. The Balaban J connectivity index is 3.14. The second-order valence-electron chi connectivity index (χ2n) is 8.47. The van der Waals surface area contributed by atoms with Gasteiger partial charge in [-0.3, -0.25) is 4.57 Å². The van der Waals surface area contributed by atoms with Crippen LogP contribution in [0.2, 0.25) is 0 Å². The van der Waals surface area contributed by atoms with Gasteiger partial charge in [0.25, 0.3) is 0 Å². The maximum absolute atomic E-state index is 11.7. The van der Waals surface area contributed by atoms with Gasteiger partial charge in [-0.25, -0.2) is 0 Å².